The first-order chi connectivity index (χ1) is 10.2. The molecule has 0 bridgehead atoms. The minimum absolute atomic E-state index is 0.612. The van der Waals surface area contributed by atoms with Crippen molar-refractivity contribution in [3.05, 3.63) is 48.7 Å². The minimum Gasteiger partial charge on any atom is -0.497 e. The third kappa shape index (κ3) is 2.33. The molecule has 1 aromatic carbocycles. The number of ether oxygens (including phenoxy) is 1. The third-order valence-electron chi connectivity index (χ3n) is 3.38. The maximum atomic E-state index is 6.18. The number of pyridine rings is 1. The van der Waals surface area contributed by atoms with Crippen LogP contribution in [0.3, 0.4) is 0 Å². The van der Waals surface area contributed by atoms with E-state index < -0.39 is 0 Å². The number of aromatic nitrogens is 3. The summed E-state index contributed by atoms with van der Waals surface area (Å²) in [6.45, 7) is 0. The van der Waals surface area contributed by atoms with Crippen LogP contribution in [-0.2, 0) is 7.05 Å². The van der Waals surface area contributed by atoms with Crippen molar-refractivity contribution < 1.29 is 4.74 Å². The van der Waals surface area contributed by atoms with Crippen molar-refractivity contribution in [2.45, 2.75) is 0 Å². The van der Waals surface area contributed by atoms with E-state index in [1.54, 1.807) is 18.0 Å². The average Bonchev–Trinajstić information content (AvgIpc) is 2.84. The molecule has 0 radical (unpaired) electrons. The van der Waals surface area contributed by atoms with Crippen LogP contribution >= 0.6 is 0 Å². The molecule has 5 nitrogen and oxygen atoms in total. The van der Waals surface area contributed by atoms with Gasteiger partial charge in [0.2, 0.25) is 0 Å². The first-order valence-corrected chi connectivity index (χ1v) is 6.59. The van der Waals surface area contributed by atoms with Gasteiger partial charge in [-0.15, -0.1) is 0 Å². The van der Waals surface area contributed by atoms with Crippen LogP contribution in [0.2, 0.25) is 0 Å². The second kappa shape index (κ2) is 5.28. The summed E-state index contributed by atoms with van der Waals surface area (Å²) >= 11 is 0. The van der Waals surface area contributed by atoms with E-state index in [1.165, 1.54) is 0 Å². The van der Waals surface area contributed by atoms with Crippen LogP contribution < -0.4 is 10.5 Å². The molecule has 21 heavy (non-hydrogen) atoms. The predicted molar refractivity (Wildman–Crippen MR) is 82.8 cm³/mol. The highest BCUT2D eigenvalue weighted by Gasteiger charge is 2.18. The van der Waals surface area contributed by atoms with Crippen LogP contribution in [0.5, 0.6) is 5.75 Å². The Morgan fingerprint density at radius 2 is 1.86 bits per heavy atom. The highest BCUT2D eigenvalue weighted by atomic mass is 16.5. The lowest BCUT2D eigenvalue weighted by atomic mass is 10.0. The number of nitrogens with two attached hydrogens (primary N) is 1. The van der Waals surface area contributed by atoms with E-state index in [9.17, 15) is 0 Å². The van der Waals surface area contributed by atoms with E-state index in [-0.39, 0.29) is 0 Å². The van der Waals surface area contributed by atoms with Crippen molar-refractivity contribution in [3.8, 4) is 28.3 Å². The Balaban J connectivity index is 2.17. The predicted octanol–water partition coefficient (Wildman–Crippen LogP) is 2.74. The summed E-state index contributed by atoms with van der Waals surface area (Å²) in [7, 11) is 3.47. The zero-order valence-corrected chi connectivity index (χ0v) is 11.9. The van der Waals surface area contributed by atoms with Gasteiger partial charge in [-0.1, -0.05) is 18.2 Å². The van der Waals surface area contributed by atoms with Crippen molar-refractivity contribution in [1.29, 1.82) is 0 Å². The molecule has 0 aliphatic heterocycles. The Bertz CT molecular complexity index is 748. The van der Waals surface area contributed by atoms with Crippen molar-refractivity contribution in [1.82, 2.24) is 14.8 Å². The van der Waals surface area contributed by atoms with Gasteiger partial charge in [-0.2, -0.15) is 5.10 Å². The van der Waals surface area contributed by atoms with Gasteiger partial charge in [0.25, 0.3) is 0 Å². The second-order valence-corrected chi connectivity index (χ2v) is 4.68. The summed E-state index contributed by atoms with van der Waals surface area (Å²) in [5.41, 5.74) is 9.64. The number of rotatable bonds is 3. The molecule has 2 heterocycles. The molecule has 0 aliphatic carbocycles. The molecule has 2 aromatic heterocycles. The Kier molecular flexibility index (Phi) is 3.31. The summed E-state index contributed by atoms with van der Waals surface area (Å²) in [4.78, 5) is 4.37. The Labute approximate surface area is 123 Å². The van der Waals surface area contributed by atoms with Gasteiger partial charge in [0, 0.05) is 13.2 Å². The Morgan fingerprint density at radius 3 is 2.48 bits per heavy atom. The number of hydrogen-bond donors (Lipinski definition) is 1. The summed E-state index contributed by atoms with van der Waals surface area (Å²) in [6.07, 6.45) is 1.75. The molecule has 0 unspecified atom stereocenters. The maximum Gasteiger partial charge on any atom is 0.129 e. The number of anilines is 1. The highest BCUT2D eigenvalue weighted by molar-refractivity contribution is 5.87. The molecule has 5 heteroatoms. The van der Waals surface area contributed by atoms with Gasteiger partial charge in [-0.25, -0.2) is 0 Å². The fraction of sp³-hybridized carbons (Fsp3) is 0.125. The largest absolute Gasteiger partial charge is 0.497 e. The Hall–Kier alpha value is -2.82. The molecule has 3 rings (SSSR count). The fourth-order valence-corrected chi connectivity index (χ4v) is 2.26. The highest BCUT2D eigenvalue weighted by Crippen LogP contribution is 2.35. The SMILES string of the molecule is COc1ccc(-c2c(-c3ccccn3)nn(C)c2N)cc1. The monoisotopic (exact) mass is 280 g/mol. The van der Waals surface area contributed by atoms with Gasteiger partial charge in [0.1, 0.15) is 17.3 Å². The Morgan fingerprint density at radius 1 is 1.10 bits per heavy atom. The van der Waals surface area contributed by atoms with E-state index in [1.807, 2.05) is 49.5 Å². The number of hydrogen-bond acceptors (Lipinski definition) is 4. The molecule has 0 amide bonds. The van der Waals surface area contributed by atoms with Gasteiger partial charge in [-0.05, 0) is 29.8 Å². The molecule has 0 fully saturated rings. The van der Waals surface area contributed by atoms with Gasteiger partial charge in [0.15, 0.2) is 0 Å². The second-order valence-electron chi connectivity index (χ2n) is 4.68. The normalized spacial score (nSPS) is 10.6. The smallest absolute Gasteiger partial charge is 0.129 e. The van der Waals surface area contributed by atoms with Crippen LogP contribution in [0.1, 0.15) is 0 Å². The molecular weight excluding hydrogens is 264 g/mol. The van der Waals surface area contributed by atoms with E-state index >= 15 is 0 Å². The number of nitrogens with zero attached hydrogens (tertiary/aromatic N) is 3. The lowest BCUT2D eigenvalue weighted by molar-refractivity contribution is 0.415. The van der Waals surface area contributed by atoms with Crippen molar-refractivity contribution in [2.24, 2.45) is 7.05 Å². The average molecular weight is 280 g/mol. The zero-order chi connectivity index (χ0) is 14.8. The van der Waals surface area contributed by atoms with Crippen molar-refractivity contribution in [2.75, 3.05) is 12.8 Å². The van der Waals surface area contributed by atoms with E-state index in [4.69, 9.17) is 10.5 Å². The zero-order valence-electron chi connectivity index (χ0n) is 11.9. The van der Waals surface area contributed by atoms with Crippen LogP contribution in [0, 0.1) is 0 Å². The van der Waals surface area contributed by atoms with Crippen LogP contribution in [0.4, 0.5) is 5.82 Å². The van der Waals surface area contributed by atoms with Gasteiger partial charge < -0.3 is 10.5 Å². The van der Waals surface area contributed by atoms with Crippen LogP contribution in [0.25, 0.3) is 22.5 Å². The summed E-state index contributed by atoms with van der Waals surface area (Å²) in [5, 5.41) is 4.50. The number of nitrogen functional groups attached to an aromatic ring is 1. The molecule has 0 spiro atoms. The van der Waals surface area contributed by atoms with Gasteiger partial charge in [0.05, 0.1) is 18.4 Å². The standard InChI is InChI=1S/C16H16N4O/c1-20-16(17)14(11-6-8-12(21-2)9-7-11)15(19-20)13-5-3-4-10-18-13/h3-10H,17H2,1-2H3. The molecule has 2 N–H and O–H groups in total. The fourth-order valence-electron chi connectivity index (χ4n) is 2.26. The summed E-state index contributed by atoms with van der Waals surface area (Å²) < 4.78 is 6.86. The molecule has 106 valence electrons. The lowest BCUT2D eigenvalue weighted by Crippen LogP contribution is -1.98. The molecule has 3 aromatic rings. The topological polar surface area (TPSA) is 66.0 Å². The van der Waals surface area contributed by atoms with Crippen molar-refractivity contribution >= 4 is 5.82 Å². The lowest BCUT2D eigenvalue weighted by Gasteiger charge is -2.05. The van der Waals surface area contributed by atoms with E-state index in [2.05, 4.69) is 10.1 Å². The molecule has 0 saturated heterocycles. The molecular formula is C16H16N4O. The first-order valence-electron chi connectivity index (χ1n) is 6.59. The molecule has 0 saturated carbocycles. The van der Waals surface area contributed by atoms with Gasteiger partial charge >= 0.3 is 0 Å². The van der Waals surface area contributed by atoms with E-state index in [0.717, 1.165) is 28.3 Å². The quantitative estimate of drug-likeness (QED) is 0.801. The summed E-state index contributed by atoms with van der Waals surface area (Å²) in [5.74, 6) is 1.42. The third-order valence-corrected chi connectivity index (χ3v) is 3.38. The van der Waals surface area contributed by atoms with E-state index in [0.29, 0.717) is 5.82 Å². The first kappa shape index (κ1) is 13.2. The molecule has 0 atom stereocenters. The van der Waals surface area contributed by atoms with Gasteiger partial charge in [-0.3, -0.25) is 9.67 Å². The van der Waals surface area contributed by atoms with Crippen LogP contribution in [-0.4, -0.2) is 21.9 Å². The molecule has 0 aliphatic rings. The number of benzene rings is 1. The minimum atomic E-state index is 0.612. The number of methoxy groups -OCH3 is 1. The van der Waals surface area contributed by atoms with Crippen molar-refractivity contribution in [3.63, 3.8) is 0 Å². The van der Waals surface area contributed by atoms with Crippen LogP contribution in [0.15, 0.2) is 48.7 Å². The number of aryl methyl sites for hydroxylation is 1. The maximum absolute atomic E-state index is 6.18. The summed E-state index contributed by atoms with van der Waals surface area (Å²) in [6, 6.07) is 13.5.